The molecule has 2 spiro atoms. The minimum Gasteiger partial charge on any atom is -0.496 e. The standard InChI is InChI=1S/C20H20O3/c1-21-7-3-4-8(22-2)12-11(7)16-13-14-15(13)18-19(16)5-9-10(23-9)6-20(18,19)17(12)14/h3-4,9-10,13-18H,5-6H2,1-2H3/t9-,10+,13-,14-,15?,16+,17+,18?,19+,20+/m1/s1. The maximum atomic E-state index is 6.01. The summed E-state index contributed by atoms with van der Waals surface area (Å²) in [6, 6.07) is 4.29. The van der Waals surface area contributed by atoms with Crippen LogP contribution in [0.25, 0.3) is 0 Å². The lowest BCUT2D eigenvalue weighted by molar-refractivity contribution is 0.101. The normalized spacial score (nSPS) is 62.2. The molecule has 1 aliphatic heterocycles. The zero-order valence-corrected chi connectivity index (χ0v) is 13.4. The minimum absolute atomic E-state index is 0.575. The highest BCUT2D eigenvalue weighted by Gasteiger charge is 3.03. The largest absolute Gasteiger partial charge is 0.496 e. The predicted molar refractivity (Wildman–Crippen MR) is 81.7 cm³/mol. The number of ether oxygens (including phenoxy) is 3. The molecule has 10 atom stereocenters. The van der Waals surface area contributed by atoms with E-state index in [1.807, 2.05) is 14.2 Å². The van der Waals surface area contributed by atoms with Gasteiger partial charge in [0.05, 0.1) is 26.4 Å². The van der Waals surface area contributed by atoms with E-state index in [0.29, 0.717) is 23.0 Å². The van der Waals surface area contributed by atoms with Crippen molar-refractivity contribution in [3.05, 3.63) is 23.3 Å². The van der Waals surface area contributed by atoms with Crippen molar-refractivity contribution in [2.75, 3.05) is 14.2 Å². The molecule has 3 heteroatoms. The van der Waals surface area contributed by atoms with Crippen molar-refractivity contribution < 1.29 is 14.2 Å². The molecule has 1 heterocycles. The van der Waals surface area contributed by atoms with Crippen LogP contribution in [0.1, 0.15) is 35.8 Å². The Kier molecular flexibility index (Phi) is 1.39. The summed E-state index contributed by atoms with van der Waals surface area (Å²) in [5.74, 6) is 7.63. The third-order valence-corrected chi connectivity index (χ3v) is 9.38. The van der Waals surface area contributed by atoms with E-state index < -0.39 is 0 Å². The van der Waals surface area contributed by atoms with Gasteiger partial charge in [0.2, 0.25) is 0 Å². The van der Waals surface area contributed by atoms with E-state index in [2.05, 4.69) is 12.1 Å². The third-order valence-electron chi connectivity index (χ3n) is 9.38. The van der Waals surface area contributed by atoms with Gasteiger partial charge in [-0.15, -0.1) is 0 Å². The summed E-state index contributed by atoms with van der Waals surface area (Å²) >= 11 is 0. The molecular formula is C20H20O3. The molecule has 1 saturated heterocycles. The highest BCUT2D eigenvalue weighted by atomic mass is 16.6. The molecule has 3 nitrogen and oxygen atoms in total. The lowest BCUT2D eigenvalue weighted by Crippen LogP contribution is -2.43. The van der Waals surface area contributed by atoms with E-state index >= 15 is 0 Å². The number of hydrogen-bond acceptors (Lipinski definition) is 3. The molecule has 118 valence electrons. The van der Waals surface area contributed by atoms with E-state index in [9.17, 15) is 0 Å². The van der Waals surface area contributed by atoms with Crippen LogP contribution in [-0.2, 0) is 4.74 Å². The summed E-state index contributed by atoms with van der Waals surface area (Å²) in [6.45, 7) is 0. The molecule has 0 amide bonds. The second kappa shape index (κ2) is 2.81. The summed E-state index contributed by atoms with van der Waals surface area (Å²) in [5.41, 5.74) is 4.23. The first-order chi connectivity index (χ1) is 11.3. The number of rotatable bonds is 2. The molecule has 23 heavy (non-hydrogen) atoms. The summed E-state index contributed by atoms with van der Waals surface area (Å²) in [5, 5.41) is 0. The predicted octanol–water partition coefficient (Wildman–Crippen LogP) is 2.94. The Bertz CT molecular complexity index is 767. The smallest absolute Gasteiger partial charge is 0.122 e. The van der Waals surface area contributed by atoms with Gasteiger partial charge in [-0.05, 0) is 71.3 Å². The molecule has 0 N–H and O–H groups in total. The molecule has 2 unspecified atom stereocenters. The molecule has 0 radical (unpaired) electrons. The fourth-order valence-corrected chi connectivity index (χ4v) is 9.33. The van der Waals surface area contributed by atoms with Crippen LogP contribution in [0.5, 0.6) is 11.5 Å². The van der Waals surface area contributed by atoms with Crippen LogP contribution in [0, 0.1) is 34.5 Å². The molecular weight excluding hydrogens is 288 g/mol. The molecule has 1 aromatic rings. The van der Waals surface area contributed by atoms with Crippen LogP contribution in [-0.4, -0.2) is 26.4 Å². The molecule has 0 aromatic heterocycles. The summed E-state index contributed by atoms with van der Waals surface area (Å²) < 4.78 is 17.7. The van der Waals surface area contributed by atoms with Crippen LogP contribution >= 0.6 is 0 Å². The van der Waals surface area contributed by atoms with Gasteiger partial charge >= 0.3 is 0 Å². The first-order valence-corrected chi connectivity index (χ1v) is 9.20. The van der Waals surface area contributed by atoms with Gasteiger partial charge < -0.3 is 14.2 Å². The van der Waals surface area contributed by atoms with Crippen LogP contribution in [0.3, 0.4) is 0 Å². The van der Waals surface area contributed by atoms with E-state index in [1.54, 1.807) is 0 Å². The fraction of sp³-hybridized carbons (Fsp3) is 0.700. The lowest BCUT2D eigenvalue weighted by Gasteiger charge is -2.50. The average Bonchev–Trinajstić information content (AvgIpc) is 3.48. The second-order valence-corrected chi connectivity index (χ2v) is 9.16. The first-order valence-electron chi connectivity index (χ1n) is 9.20. The number of epoxide rings is 1. The van der Waals surface area contributed by atoms with Gasteiger partial charge in [-0.3, -0.25) is 0 Å². The topological polar surface area (TPSA) is 31.0 Å². The molecule has 8 aliphatic rings. The van der Waals surface area contributed by atoms with Gasteiger partial charge in [-0.25, -0.2) is 0 Å². The highest BCUT2D eigenvalue weighted by molar-refractivity contribution is 5.69. The van der Waals surface area contributed by atoms with Gasteiger partial charge in [-0.2, -0.15) is 0 Å². The SMILES string of the molecule is COc1ccc(OC)c2c1[C@H]1[C@H]3C4C5[C@]16C[C@@H]1O[C@@H]1C[C@]56[C@@H]2[C@@H]43. The van der Waals surface area contributed by atoms with Gasteiger partial charge in [-0.1, -0.05) is 0 Å². The Morgan fingerprint density at radius 1 is 0.870 bits per heavy atom. The van der Waals surface area contributed by atoms with Crippen molar-refractivity contribution in [2.45, 2.75) is 36.9 Å². The number of hydrogen-bond donors (Lipinski definition) is 0. The van der Waals surface area contributed by atoms with Crippen molar-refractivity contribution in [3.63, 3.8) is 0 Å². The Morgan fingerprint density at radius 2 is 1.39 bits per heavy atom. The number of fused-ring (bicyclic) bond motifs is 1. The zero-order valence-electron chi connectivity index (χ0n) is 13.4. The molecule has 7 aliphatic carbocycles. The Balaban J connectivity index is 1.48. The summed E-state index contributed by atoms with van der Waals surface area (Å²) in [7, 11) is 3.67. The van der Waals surface area contributed by atoms with Crippen molar-refractivity contribution >= 4 is 0 Å². The Hall–Kier alpha value is -1.22. The summed E-state index contributed by atoms with van der Waals surface area (Å²) in [6.07, 6.45) is 3.85. The number of methoxy groups -OCH3 is 2. The van der Waals surface area contributed by atoms with Crippen molar-refractivity contribution in [3.8, 4) is 11.5 Å². The third kappa shape index (κ3) is 0.782. The molecule has 5 saturated carbocycles. The maximum absolute atomic E-state index is 6.01. The van der Waals surface area contributed by atoms with Crippen molar-refractivity contribution in [1.82, 2.24) is 0 Å². The van der Waals surface area contributed by atoms with Gasteiger partial charge in [0.15, 0.2) is 0 Å². The van der Waals surface area contributed by atoms with Crippen LogP contribution < -0.4 is 9.47 Å². The maximum Gasteiger partial charge on any atom is 0.122 e. The lowest BCUT2D eigenvalue weighted by atomic mass is 9.52. The average molecular weight is 308 g/mol. The van der Waals surface area contributed by atoms with Crippen LogP contribution in [0.4, 0.5) is 0 Å². The number of benzene rings is 1. The van der Waals surface area contributed by atoms with E-state index in [4.69, 9.17) is 14.2 Å². The molecule has 6 fully saturated rings. The van der Waals surface area contributed by atoms with E-state index in [-0.39, 0.29) is 0 Å². The fourth-order valence-electron chi connectivity index (χ4n) is 9.33. The van der Waals surface area contributed by atoms with E-state index in [1.165, 1.54) is 24.0 Å². The van der Waals surface area contributed by atoms with Gasteiger partial charge in [0.1, 0.15) is 11.5 Å². The Morgan fingerprint density at radius 3 is 1.87 bits per heavy atom. The first kappa shape index (κ1) is 11.4. The second-order valence-electron chi connectivity index (χ2n) is 9.16. The van der Waals surface area contributed by atoms with E-state index in [0.717, 1.165) is 47.0 Å². The molecule has 2 bridgehead atoms. The quantitative estimate of drug-likeness (QED) is 0.787. The van der Waals surface area contributed by atoms with Gasteiger partial charge in [0.25, 0.3) is 0 Å². The zero-order chi connectivity index (χ0) is 14.9. The minimum atomic E-state index is 0.575. The monoisotopic (exact) mass is 308 g/mol. The molecule has 9 rings (SSSR count). The van der Waals surface area contributed by atoms with Crippen LogP contribution in [0.2, 0.25) is 0 Å². The Labute approximate surface area is 135 Å². The molecule has 1 aromatic carbocycles. The van der Waals surface area contributed by atoms with Crippen molar-refractivity contribution in [2.24, 2.45) is 34.5 Å². The van der Waals surface area contributed by atoms with Gasteiger partial charge in [0, 0.05) is 11.1 Å². The van der Waals surface area contributed by atoms with Crippen molar-refractivity contribution in [1.29, 1.82) is 0 Å². The summed E-state index contributed by atoms with van der Waals surface area (Å²) in [4.78, 5) is 0. The van der Waals surface area contributed by atoms with Crippen LogP contribution in [0.15, 0.2) is 12.1 Å². The highest BCUT2D eigenvalue weighted by Crippen LogP contribution is 3.07.